The first-order valence-corrected chi connectivity index (χ1v) is 9.97. The minimum Gasteiger partial charge on any atom is -0.438 e. The second-order valence-corrected chi connectivity index (χ2v) is 7.37. The molecule has 0 saturated heterocycles. The fourth-order valence-electron chi connectivity index (χ4n) is 3.22. The van der Waals surface area contributed by atoms with Gasteiger partial charge in [0.15, 0.2) is 0 Å². The van der Waals surface area contributed by atoms with E-state index in [0.717, 1.165) is 32.5 Å². The second kappa shape index (κ2) is 7.45. The van der Waals surface area contributed by atoms with Gasteiger partial charge in [-0.1, -0.05) is 54.6 Å². The normalized spacial score (nSPS) is 10.9. The van der Waals surface area contributed by atoms with E-state index in [2.05, 4.69) is 22.1 Å². The molecular formula is C24H15FN2OS. The van der Waals surface area contributed by atoms with Gasteiger partial charge in [-0.15, -0.1) is 11.3 Å². The third-order valence-electron chi connectivity index (χ3n) is 4.67. The van der Waals surface area contributed by atoms with Crippen molar-refractivity contribution in [2.24, 2.45) is 0 Å². The van der Waals surface area contributed by atoms with Crippen LogP contribution in [0.25, 0.3) is 32.5 Å². The van der Waals surface area contributed by atoms with Crippen LogP contribution in [0.3, 0.4) is 0 Å². The van der Waals surface area contributed by atoms with Crippen LogP contribution in [0.4, 0.5) is 4.39 Å². The fourth-order valence-corrected chi connectivity index (χ4v) is 4.13. The standard InChI is InChI=1S/C24H15FN2OS/c25-19-10-6-18(7-11-19)21-14-29-24-22(21)23(26-15-27-24)28-20-12-8-17(9-13-20)16-4-2-1-3-5-16/h1-15H. The van der Waals surface area contributed by atoms with Crippen molar-refractivity contribution in [1.82, 2.24) is 9.97 Å². The molecule has 0 aliphatic heterocycles. The molecule has 2 heterocycles. The minimum atomic E-state index is -0.264. The zero-order chi connectivity index (χ0) is 19.6. The fraction of sp³-hybridized carbons (Fsp3) is 0. The SMILES string of the molecule is Fc1ccc(-c2csc3ncnc(Oc4ccc(-c5ccccc5)cc4)c23)cc1. The van der Waals surface area contributed by atoms with E-state index < -0.39 is 0 Å². The third-order valence-corrected chi connectivity index (χ3v) is 5.55. The number of aromatic nitrogens is 2. The molecule has 5 aromatic rings. The summed E-state index contributed by atoms with van der Waals surface area (Å²) in [7, 11) is 0. The molecule has 0 spiro atoms. The van der Waals surface area contributed by atoms with E-state index in [1.54, 1.807) is 12.1 Å². The van der Waals surface area contributed by atoms with Crippen molar-refractivity contribution in [3.05, 3.63) is 96.4 Å². The monoisotopic (exact) mass is 398 g/mol. The summed E-state index contributed by atoms with van der Waals surface area (Å²) in [6, 6.07) is 24.5. The van der Waals surface area contributed by atoms with Gasteiger partial charge in [-0.05, 0) is 41.0 Å². The summed E-state index contributed by atoms with van der Waals surface area (Å²) in [6.07, 6.45) is 1.50. The van der Waals surface area contributed by atoms with Crippen molar-refractivity contribution < 1.29 is 9.13 Å². The number of nitrogens with zero attached hydrogens (tertiary/aromatic N) is 2. The van der Waals surface area contributed by atoms with Gasteiger partial charge in [-0.2, -0.15) is 0 Å². The average molecular weight is 398 g/mol. The van der Waals surface area contributed by atoms with Crippen LogP contribution in [0.5, 0.6) is 11.6 Å². The van der Waals surface area contributed by atoms with E-state index >= 15 is 0 Å². The highest BCUT2D eigenvalue weighted by Crippen LogP contribution is 2.39. The molecule has 0 aliphatic rings. The first-order valence-electron chi connectivity index (χ1n) is 9.09. The number of halogens is 1. The van der Waals surface area contributed by atoms with Crippen LogP contribution in [0.15, 0.2) is 90.6 Å². The molecule has 29 heavy (non-hydrogen) atoms. The Bertz CT molecular complexity index is 1270. The number of hydrogen-bond acceptors (Lipinski definition) is 4. The number of rotatable bonds is 4. The Balaban J connectivity index is 1.51. The highest BCUT2D eigenvalue weighted by Gasteiger charge is 2.15. The lowest BCUT2D eigenvalue weighted by Gasteiger charge is -2.08. The molecule has 0 atom stereocenters. The van der Waals surface area contributed by atoms with Crippen molar-refractivity contribution in [2.75, 3.05) is 0 Å². The molecule has 3 nitrogen and oxygen atoms in total. The van der Waals surface area contributed by atoms with Crippen LogP contribution in [-0.2, 0) is 0 Å². The molecule has 0 radical (unpaired) electrons. The van der Waals surface area contributed by atoms with E-state index in [1.807, 2.05) is 47.8 Å². The average Bonchev–Trinajstić information content (AvgIpc) is 3.21. The maximum atomic E-state index is 13.3. The summed E-state index contributed by atoms with van der Waals surface area (Å²) < 4.78 is 19.4. The van der Waals surface area contributed by atoms with Gasteiger partial charge in [0.05, 0.1) is 5.39 Å². The maximum absolute atomic E-state index is 13.3. The van der Waals surface area contributed by atoms with Crippen molar-refractivity contribution in [3.8, 4) is 33.9 Å². The van der Waals surface area contributed by atoms with Crippen molar-refractivity contribution in [2.45, 2.75) is 0 Å². The molecule has 140 valence electrons. The van der Waals surface area contributed by atoms with Gasteiger partial charge in [0.1, 0.15) is 22.7 Å². The molecule has 0 saturated carbocycles. The predicted molar refractivity (Wildman–Crippen MR) is 115 cm³/mol. The van der Waals surface area contributed by atoms with Gasteiger partial charge in [0, 0.05) is 10.9 Å². The van der Waals surface area contributed by atoms with Crippen LogP contribution in [-0.4, -0.2) is 9.97 Å². The largest absolute Gasteiger partial charge is 0.438 e. The van der Waals surface area contributed by atoms with Crippen LogP contribution < -0.4 is 4.74 Å². The van der Waals surface area contributed by atoms with Crippen molar-refractivity contribution >= 4 is 21.6 Å². The topological polar surface area (TPSA) is 35.0 Å². The molecule has 0 N–H and O–H groups in total. The summed E-state index contributed by atoms with van der Waals surface area (Å²) in [5, 5.41) is 2.83. The van der Waals surface area contributed by atoms with Crippen LogP contribution in [0.2, 0.25) is 0 Å². The first-order chi connectivity index (χ1) is 14.3. The Morgan fingerprint density at radius 1 is 0.724 bits per heavy atom. The highest BCUT2D eigenvalue weighted by atomic mass is 32.1. The molecule has 0 fully saturated rings. The van der Waals surface area contributed by atoms with Gasteiger partial charge >= 0.3 is 0 Å². The predicted octanol–water partition coefficient (Wildman–Crippen LogP) is 6.96. The molecule has 3 aromatic carbocycles. The molecule has 2 aromatic heterocycles. The van der Waals surface area contributed by atoms with E-state index in [1.165, 1.54) is 29.8 Å². The Hall–Kier alpha value is -3.57. The summed E-state index contributed by atoms with van der Waals surface area (Å²) in [4.78, 5) is 9.54. The molecule has 0 amide bonds. The van der Waals surface area contributed by atoms with Crippen LogP contribution in [0.1, 0.15) is 0 Å². The van der Waals surface area contributed by atoms with Gasteiger partial charge in [-0.3, -0.25) is 0 Å². The van der Waals surface area contributed by atoms with Gasteiger partial charge in [0.25, 0.3) is 0 Å². The number of hydrogen-bond donors (Lipinski definition) is 0. The Morgan fingerprint density at radius 2 is 1.41 bits per heavy atom. The van der Waals surface area contributed by atoms with E-state index in [4.69, 9.17) is 4.74 Å². The van der Waals surface area contributed by atoms with Crippen LogP contribution >= 0.6 is 11.3 Å². The molecule has 0 unspecified atom stereocenters. The number of thiophene rings is 1. The van der Waals surface area contributed by atoms with Crippen LogP contribution in [0, 0.1) is 5.82 Å². The van der Waals surface area contributed by atoms with E-state index in [0.29, 0.717) is 11.6 Å². The minimum absolute atomic E-state index is 0.264. The zero-order valence-corrected chi connectivity index (χ0v) is 16.1. The molecule has 0 bridgehead atoms. The zero-order valence-electron chi connectivity index (χ0n) is 15.2. The maximum Gasteiger partial charge on any atom is 0.231 e. The summed E-state index contributed by atoms with van der Waals surface area (Å²) >= 11 is 1.51. The van der Waals surface area contributed by atoms with Gasteiger partial charge in [0.2, 0.25) is 5.88 Å². The highest BCUT2D eigenvalue weighted by molar-refractivity contribution is 7.17. The number of ether oxygens (including phenoxy) is 1. The Kier molecular flexibility index (Phi) is 4.50. The molecule has 5 heteroatoms. The lowest BCUT2D eigenvalue weighted by atomic mass is 10.1. The first kappa shape index (κ1) is 17.5. The second-order valence-electron chi connectivity index (χ2n) is 6.51. The van der Waals surface area contributed by atoms with Crippen molar-refractivity contribution in [1.29, 1.82) is 0 Å². The smallest absolute Gasteiger partial charge is 0.231 e. The number of benzene rings is 3. The Labute approximate surface area is 171 Å². The summed E-state index contributed by atoms with van der Waals surface area (Å²) in [5.74, 6) is 0.920. The summed E-state index contributed by atoms with van der Waals surface area (Å²) in [5.41, 5.74) is 4.10. The lowest BCUT2D eigenvalue weighted by Crippen LogP contribution is -1.91. The molecule has 5 rings (SSSR count). The third kappa shape index (κ3) is 3.48. The molecule has 0 aliphatic carbocycles. The summed E-state index contributed by atoms with van der Waals surface area (Å²) in [6.45, 7) is 0. The lowest BCUT2D eigenvalue weighted by molar-refractivity contribution is 0.468. The van der Waals surface area contributed by atoms with Gasteiger partial charge < -0.3 is 4.74 Å². The quantitative estimate of drug-likeness (QED) is 0.328. The van der Waals surface area contributed by atoms with E-state index in [9.17, 15) is 4.39 Å². The van der Waals surface area contributed by atoms with Gasteiger partial charge in [-0.25, -0.2) is 14.4 Å². The van der Waals surface area contributed by atoms with E-state index in [-0.39, 0.29) is 5.82 Å². The Morgan fingerprint density at radius 3 is 2.17 bits per heavy atom. The van der Waals surface area contributed by atoms with Crippen molar-refractivity contribution in [3.63, 3.8) is 0 Å². The molecular weight excluding hydrogens is 383 g/mol. The number of fused-ring (bicyclic) bond motifs is 1.